The summed E-state index contributed by atoms with van der Waals surface area (Å²) in [4.78, 5) is 11.5. The fourth-order valence-corrected chi connectivity index (χ4v) is 2.65. The topological polar surface area (TPSA) is 55.1 Å². The van der Waals surface area contributed by atoms with Gasteiger partial charge in [-0.15, -0.1) is 0 Å². The minimum absolute atomic E-state index is 0.188. The molecule has 0 bridgehead atoms. The largest absolute Gasteiger partial charge is 0.368 e. The van der Waals surface area contributed by atoms with Gasteiger partial charge in [0.2, 0.25) is 5.91 Å². The summed E-state index contributed by atoms with van der Waals surface area (Å²) < 4.78 is 0. The maximum Gasteiger partial charge on any atom is 0.237 e. The lowest BCUT2D eigenvalue weighted by atomic mass is 9.67. The van der Waals surface area contributed by atoms with Crippen LogP contribution in [0, 0.1) is 5.41 Å². The predicted molar refractivity (Wildman–Crippen MR) is 57.9 cm³/mol. The zero-order chi connectivity index (χ0) is 10.8. The molecule has 3 nitrogen and oxygen atoms in total. The van der Waals surface area contributed by atoms with Gasteiger partial charge in [-0.2, -0.15) is 0 Å². The molecule has 1 saturated carbocycles. The van der Waals surface area contributed by atoms with Crippen molar-refractivity contribution >= 4 is 5.91 Å². The molecule has 14 heavy (non-hydrogen) atoms. The van der Waals surface area contributed by atoms with Gasteiger partial charge in [-0.25, -0.2) is 0 Å². The molecule has 0 aromatic rings. The molecule has 3 N–H and O–H groups in total. The molecular weight excluding hydrogens is 176 g/mol. The summed E-state index contributed by atoms with van der Waals surface area (Å²) in [7, 11) is 0. The summed E-state index contributed by atoms with van der Waals surface area (Å²) >= 11 is 0. The third kappa shape index (κ3) is 2.27. The van der Waals surface area contributed by atoms with Gasteiger partial charge >= 0.3 is 0 Å². The Morgan fingerprint density at radius 1 is 1.43 bits per heavy atom. The van der Waals surface area contributed by atoms with Crippen molar-refractivity contribution in [2.75, 3.05) is 6.54 Å². The highest BCUT2D eigenvalue weighted by molar-refractivity contribution is 5.84. The van der Waals surface area contributed by atoms with Gasteiger partial charge in [0.15, 0.2) is 0 Å². The minimum Gasteiger partial charge on any atom is -0.368 e. The van der Waals surface area contributed by atoms with Crippen LogP contribution in [0.1, 0.15) is 46.5 Å². The summed E-state index contributed by atoms with van der Waals surface area (Å²) in [5.41, 5.74) is 5.29. The van der Waals surface area contributed by atoms with Crippen LogP contribution in [-0.4, -0.2) is 18.0 Å². The molecule has 0 heterocycles. The number of rotatable bonds is 3. The van der Waals surface area contributed by atoms with E-state index in [-0.39, 0.29) is 11.3 Å². The number of nitrogens with two attached hydrogens (primary N) is 1. The molecule has 0 spiro atoms. The standard InChI is InChI=1S/C11H22N2O/c1-4-13-11(9(12)14)7-5-6-10(2,3)8-11/h13H,4-8H2,1-3H3,(H2,12,14). The second-order valence-electron chi connectivity index (χ2n) is 5.17. The molecular formula is C11H22N2O. The van der Waals surface area contributed by atoms with E-state index in [1.807, 2.05) is 6.92 Å². The van der Waals surface area contributed by atoms with Gasteiger partial charge in [-0.05, 0) is 31.2 Å². The first kappa shape index (κ1) is 11.5. The van der Waals surface area contributed by atoms with Crippen LogP contribution < -0.4 is 11.1 Å². The van der Waals surface area contributed by atoms with Crippen LogP contribution in [0.3, 0.4) is 0 Å². The highest BCUT2D eigenvalue weighted by Gasteiger charge is 2.43. The Morgan fingerprint density at radius 2 is 2.07 bits per heavy atom. The van der Waals surface area contributed by atoms with Crippen molar-refractivity contribution in [3.63, 3.8) is 0 Å². The van der Waals surface area contributed by atoms with E-state index in [4.69, 9.17) is 5.73 Å². The van der Waals surface area contributed by atoms with E-state index in [1.165, 1.54) is 6.42 Å². The van der Waals surface area contributed by atoms with Crippen LogP contribution >= 0.6 is 0 Å². The molecule has 0 saturated heterocycles. The Labute approximate surface area is 86.4 Å². The predicted octanol–water partition coefficient (Wildman–Crippen LogP) is 1.42. The Morgan fingerprint density at radius 3 is 2.50 bits per heavy atom. The normalized spacial score (nSPS) is 31.4. The van der Waals surface area contributed by atoms with E-state index in [0.29, 0.717) is 0 Å². The van der Waals surface area contributed by atoms with E-state index in [1.54, 1.807) is 0 Å². The van der Waals surface area contributed by atoms with Crippen molar-refractivity contribution in [2.45, 2.75) is 52.0 Å². The molecule has 1 atom stereocenters. The van der Waals surface area contributed by atoms with Crippen molar-refractivity contribution < 1.29 is 4.79 Å². The highest BCUT2D eigenvalue weighted by Crippen LogP contribution is 2.40. The maximum absolute atomic E-state index is 11.5. The Kier molecular flexibility index (Phi) is 3.20. The van der Waals surface area contributed by atoms with Crippen LogP contribution in [0.25, 0.3) is 0 Å². The van der Waals surface area contributed by atoms with Crippen LogP contribution in [-0.2, 0) is 4.79 Å². The van der Waals surface area contributed by atoms with Gasteiger partial charge < -0.3 is 11.1 Å². The number of primary amides is 1. The molecule has 82 valence electrons. The van der Waals surface area contributed by atoms with Gasteiger partial charge in [0.25, 0.3) is 0 Å². The molecule has 1 amide bonds. The van der Waals surface area contributed by atoms with Crippen molar-refractivity contribution in [1.29, 1.82) is 0 Å². The SMILES string of the molecule is CCNC1(C(N)=O)CCCC(C)(C)C1. The highest BCUT2D eigenvalue weighted by atomic mass is 16.1. The van der Waals surface area contributed by atoms with E-state index in [2.05, 4.69) is 19.2 Å². The first-order chi connectivity index (χ1) is 6.42. The second-order valence-corrected chi connectivity index (χ2v) is 5.17. The zero-order valence-electron chi connectivity index (χ0n) is 9.52. The number of nitrogens with one attached hydrogen (secondary N) is 1. The second kappa shape index (κ2) is 3.89. The first-order valence-corrected chi connectivity index (χ1v) is 5.47. The lowest BCUT2D eigenvalue weighted by Crippen LogP contribution is -2.59. The molecule has 1 rings (SSSR count). The first-order valence-electron chi connectivity index (χ1n) is 5.47. The Hall–Kier alpha value is -0.570. The van der Waals surface area contributed by atoms with Gasteiger partial charge in [-0.3, -0.25) is 4.79 Å². The molecule has 1 aliphatic carbocycles. The van der Waals surface area contributed by atoms with Crippen molar-refractivity contribution in [1.82, 2.24) is 5.32 Å². The number of carbonyl (C=O) groups is 1. The van der Waals surface area contributed by atoms with Crippen molar-refractivity contribution in [2.24, 2.45) is 11.1 Å². The van der Waals surface area contributed by atoms with Crippen LogP contribution in [0.2, 0.25) is 0 Å². The van der Waals surface area contributed by atoms with E-state index in [9.17, 15) is 4.79 Å². The monoisotopic (exact) mass is 198 g/mol. The summed E-state index contributed by atoms with van der Waals surface area (Å²) in [5.74, 6) is -0.188. The van der Waals surface area contributed by atoms with Gasteiger partial charge in [0.05, 0.1) is 5.54 Å². The number of likely N-dealkylation sites (N-methyl/N-ethyl adjacent to an activating group) is 1. The molecule has 1 aliphatic rings. The molecule has 3 heteroatoms. The summed E-state index contributed by atoms with van der Waals surface area (Å²) in [5, 5.41) is 3.28. The molecule has 0 aliphatic heterocycles. The van der Waals surface area contributed by atoms with Gasteiger partial charge in [0.1, 0.15) is 0 Å². The van der Waals surface area contributed by atoms with Crippen molar-refractivity contribution in [3.8, 4) is 0 Å². The zero-order valence-corrected chi connectivity index (χ0v) is 9.52. The quantitative estimate of drug-likeness (QED) is 0.720. The van der Waals surface area contributed by atoms with E-state index >= 15 is 0 Å². The summed E-state index contributed by atoms with van der Waals surface area (Å²) in [6.45, 7) is 7.24. The summed E-state index contributed by atoms with van der Waals surface area (Å²) in [6.07, 6.45) is 4.03. The van der Waals surface area contributed by atoms with Gasteiger partial charge in [-0.1, -0.05) is 27.2 Å². The fraction of sp³-hybridized carbons (Fsp3) is 0.909. The summed E-state index contributed by atoms with van der Waals surface area (Å²) in [6, 6.07) is 0. The minimum atomic E-state index is -0.448. The average Bonchev–Trinajstić information content (AvgIpc) is 2.02. The number of hydrogen-bond donors (Lipinski definition) is 2. The smallest absolute Gasteiger partial charge is 0.237 e. The molecule has 0 aromatic heterocycles. The molecule has 0 radical (unpaired) electrons. The molecule has 0 aromatic carbocycles. The fourth-order valence-electron chi connectivity index (χ4n) is 2.65. The molecule has 1 fully saturated rings. The van der Waals surface area contributed by atoms with Crippen LogP contribution in [0.5, 0.6) is 0 Å². The van der Waals surface area contributed by atoms with Gasteiger partial charge in [0, 0.05) is 0 Å². The van der Waals surface area contributed by atoms with E-state index < -0.39 is 5.54 Å². The maximum atomic E-state index is 11.5. The number of hydrogen-bond acceptors (Lipinski definition) is 2. The third-order valence-corrected chi connectivity index (χ3v) is 3.22. The number of carbonyl (C=O) groups excluding carboxylic acids is 1. The Balaban J connectivity index is 2.82. The Bertz CT molecular complexity index is 221. The third-order valence-electron chi connectivity index (χ3n) is 3.22. The lowest BCUT2D eigenvalue weighted by Gasteiger charge is -2.43. The van der Waals surface area contributed by atoms with Crippen LogP contribution in [0.15, 0.2) is 0 Å². The average molecular weight is 198 g/mol. The van der Waals surface area contributed by atoms with E-state index in [0.717, 1.165) is 25.8 Å². The van der Waals surface area contributed by atoms with Crippen molar-refractivity contribution in [3.05, 3.63) is 0 Å². The van der Waals surface area contributed by atoms with Crippen LogP contribution in [0.4, 0.5) is 0 Å². The molecule has 1 unspecified atom stereocenters. The lowest BCUT2D eigenvalue weighted by molar-refractivity contribution is -0.127. The number of amides is 1.